The van der Waals surface area contributed by atoms with Gasteiger partial charge in [-0.05, 0) is 31.0 Å². The van der Waals surface area contributed by atoms with Crippen molar-refractivity contribution in [3.05, 3.63) is 36.5 Å². The van der Waals surface area contributed by atoms with Gasteiger partial charge in [-0.2, -0.15) is 0 Å². The molecule has 1 aliphatic carbocycles. The number of carbonyl (C=O) groups excluding carboxylic acids is 1. The number of rotatable bonds is 2. The number of pyridine rings is 1. The number of amides is 2. The van der Waals surface area contributed by atoms with Crippen LogP contribution in [0.5, 0.6) is 0 Å². The number of anilines is 1. The molecule has 2 N–H and O–H groups in total. The van der Waals surface area contributed by atoms with E-state index in [9.17, 15) is 4.79 Å². The summed E-state index contributed by atoms with van der Waals surface area (Å²) < 4.78 is 0. The van der Waals surface area contributed by atoms with Gasteiger partial charge in [-0.25, -0.2) is 4.79 Å². The number of carbonyl (C=O) groups is 1. The maximum absolute atomic E-state index is 12.0. The molecule has 3 rings (SSSR count). The molecule has 0 bridgehead atoms. The van der Waals surface area contributed by atoms with Gasteiger partial charge in [0.15, 0.2) is 0 Å². The Kier molecular flexibility index (Phi) is 3.81. The monoisotopic (exact) mass is 269 g/mol. The van der Waals surface area contributed by atoms with Gasteiger partial charge in [-0.15, -0.1) is 0 Å². The maximum atomic E-state index is 12.0. The summed E-state index contributed by atoms with van der Waals surface area (Å²) in [4.78, 5) is 16.3. The molecule has 0 saturated heterocycles. The molecule has 0 atom stereocenters. The minimum absolute atomic E-state index is 0.118. The number of nitrogens with zero attached hydrogens (tertiary/aromatic N) is 1. The zero-order valence-electron chi connectivity index (χ0n) is 11.4. The van der Waals surface area contributed by atoms with Crippen LogP contribution in [0.15, 0.2) is 36.5 Å². The topological polar surface area (TPSA) is 54.0 Å². The summed E-state index contributed by atoms with van der Waals surface area (Å²) in [6, 6.07) is 9.90. The van der Waals surface area contributed by atoms with Gasteiger partial charge in [-0.1, -0.05) is 31.4 Å². The molecule has 4 heteroatoms. The second-order valence-corrected chi connectivity index (χ2v) is 5.34. The Morgan fingerprint density at radius 1 is 1.15 bits per heavy atom. The van der Waals surface area contributed by atoms with E-state index in [1.165, 1.54) is 19.3 Å². The Labute approximate surface area is 118 Å². The number of hydrogen-bond donors (Lipinski definition) is 2. The first-order valence-electron chi connectivity index (χ1n) is 7.23. The Hall–Kier alpha value is -2.10. The number of fused-ring (bicyclic) bond motifs is 1. The van der Waals surface area contributed by atoms with Crippen LogP contribution in [0.2, 0.25) is 0 Å². The maximum Gasteiger partial charge on any atom is 0.319 e. The third-order valence-electron chi connectivity index (χ3n) is 3.80. The average Bonchev–Trinajstić information content (AvgIpc) is 2.48. The van der Waals surface area contributed by atoms with Crippen molar-refractivity contribution in [2.24, 2.45) is 0 Å². The van der Waals surface area contributed by atoms with Crippen LogP contribution < -0.4 is 10.6 Å². The van der Waals surface area contributed by atoms with Crippen LogP contribution in [0.1, 0.15) is 32.1 Å². The zero-order chi connectivity index (χ0) is 13.8. The summed E-state index contributed by atoms with van der Waals surface area (Å²) in [6.45, 7) is 0. The molecule has 1 aromatic heterocycles. The molecule has 2 amide bonds. The van der Waals surface area contributed by atoms with E-state index in [0.717, 1.165) is 29.4 Å². The molecule has 0 spiro atoms. The van der Waals surface area contributed by atoms with E-state index in [0.29, 0.717) is 6.04 Å². The first kappa shape index (κ1) is 12.9. The molecule has 0 unspecified atom stereocenters. The van der Waals surface area contributed by atoms with E-state index in [4.69, 9.17) is 0 Å². The van der Waals surface area contributed by atoms with Gasteiger partial charge in [0.05, 0.1) is 5.52 Å². The van der Waals surface area contributed by atoms with Gasteiger partial charge in [0.25, 0.3) is 0 Å². The number of hydrogen-bond acceptors (Lipinski definition) is 2. The molecule has 1 aromatic carbocycles. The summed E-state index contributed by atoms with van der Waals surface area (Å²) in [6.07, 6.45) is 7.65. The predicted molar refractivity (Wildman–Crippen MR) is 80.8 cm³/mol. The standard InChI is InChI=1S/C16H19N3O/c20-16(18-13-6-2-1-3-7-13)19-14-9-8-12-5-4-10-17-15(12)11-14/h4-5,8-11,13H,1-3,6-7H2,(H2,18,19,20). The highest BCUT2D eigenvalue weighted by Crippen LogP contribution is 2.19. The molecule has 0 aliphatic heterocycles. The van der Waals surface area contributed by atoms with Crippen molar-refractivity contribution < 1.29 is 4.79 Å². The largest absolute Gasteiger partial charge is 0.335 e. The van der Waals surface area contributed by atoms with Crippen LogP contribution >= 0.6 is 0 Å². The highest BCUT2D eigenvalue weighted by Gasteiger charge is 2.15. The van der Waals surface area contributed by atoms with Crippen molar-refractivity contribution >= 4 is 22.6 Å². The SMILES string of the molecule is O=C(Nc1ccc2cccnc2c1)NC1CCCCC1. The molecule has 104 valence electrons. The molecular weight excluding hydrogens is 250 g/mol. The fourth-order valence-corrected chi connectivity index (χ4v) is 2.74. The second kappa shape index (κ2) is 5.90. The molecule has 1 heterocycles. The van der Waals surface area contributed by atoms with Crippen molar-refractivity contribution in [2.75, 3.05) is 5.32 Å². The third-order valence-corrected chi connectivity index (χ3v) is 3.80. The van der Waals surface area contributed by atoms with Crippen molar-refractivity contribution in [1.82, 2.24) is 10.3 Å². The fraction of sp³-hybridized carbons (Fsp3) is 0.375. The summed E-state index contributed by atoms with van der Waals surface area (Å²) in [5.41, 5.74) is 1.67. The smallest absolute Gasteiger partial charge is 0.319 e. The first-order valence-corrected chi connectivity index (χ1v) is 7.23. The Balaban J connectivity index is 1.64. The molecular formula is C16H19N3O. The molecule has 20 heavy (non-hydrogen) atoms. The van der Waals surface area contributed by atoms with Crippen LogP contribution in [-0.2, 0) is 0 Å². The molecule has 0 radical (unpaired) electrons. The lowest BCUT2D eigenvalue weighted by molar-refractivity contribution is 0.244. The van der Waals surface area contributed by atoms with E-state index in [2.05, 4.69) is 15.6 Å². The Morgan fingerprint density at radius 2 is 2.00 bits per heavy atom. The summed E-state index contributed by atoms with van der Waals surface area (Å²) in [7, 11) is 0. The van der Waals surface area contributed by atoms with Crippen LogP contribution in [0.3, 0.4) is 0 Å². The molecule has 4 nitrogen and oxygen atoms in total. The lowest BCUT2D eigenvalue weighted by Crippen LogP contribution is -2.38. The van der Waals surface area contributed by atoms with Gasteiger partial charge < -0.3 is 10.6 Å². The van der Waals surface area contributed by atoms with Gasteiger partial charge in [0.2, 0.25) is 0 Å². The van der Waals surface area contributed by atoms with Crippen molar-refractivity contribution in [2.45, 2.75) is 38.1 Å². The van der Waals surface area contributed by atoms with E-state index in [1.807, 2.05) is 30.3 Å². The minimum atomic E-state index is -0.118. The quantitative estimate of drug-likeness (QED) is 0.873. The summed E-state index contributed by atoms with van der Waals surface area (Å²) in [5, 5.41) is 7.01. The predicted octanol–water partition coefficient (Wildman–Crippen LogP) is 3.69. The Bertz CT molecular complexity index is 605. The second-order valence-electron chi connectivity index (χ2n) is 5.34. The highest BCUT2D eigenvalue weighted by atomic mass is 16.2. The van der Waals surface area contributed by atoms with E-state index < -0.39 is 0 Å². The van der Waals surface area contributed by atoms with E-state index >= 15 is 0 Å². The van der Waals surface area contributed by atoms with Crippen molar-refractivity contribution in [3.63, 3.8) is 0 Å². The summed E-state index contributed by atoms with van der Waals surface area (Å²) in [5.74, 6) is 0. The van der Waals surface area contributed by atoms with E-state index in [-0.39, 0.29) is 6.03 Å². The van der Waals surface area contributed by atoms with Crippen molar-refractivity contribution in [1.29, 1.82) is 0 Å². The molecule has 2 aromatic rings. The van der Waals surface area contributed by atoms with Crippen LogP contribution in [0, 0.1) is 0 Å². The summed E-state index contributed by atoms with van der Waals surface area (Å²) >= 11 is 0. The molecule has 1 aliphatic rings. The van der Waals surface area contributed by atoms with Gasteiger partial charge in [0.1, 0.15) is 0 Å². The van der Waals surface area contributed by atoms with Crippen molar-refractivity contribution in [3.8, 4) is 0 Å². The van der Waals surface area contributed by atoms with Crippen LogP contribution in [-0.4, -0.2) is 17.1 Å². The number of aromatic nitrogens is 1. The molecule has 1 saturated carbocycles. The first-order chi connectivity index (χ1) is 9.81. The van der Waals surface area contributed by atoms with Crippen LogP contribution in [0.4, 0.5) is 10.5 Å². The fourth-order valence-electron chi connectivity index (χ4n) is 2.74. The van der Waals surface area contributed by atoms with Crippen LogP contribution in [0.25, 0.3) is 10.9 Å². The lowest BCUT2D eigenvalue weighted by atomic mass is 9.96. The number of benzene rings is 1. The number of urea groups is 1. The van der Waals surface area contributed by atoms with Gasteiger partial charge in [-0.3, -0.25) is 4.98 Å². The Morgan fingerprint density at radius 3 is 2.85 bits per heavy atom. The molecule has 1 fully saturated rings. The third kappa shape index (κ3) is 3.07. The lowest BCUT2D eigenvalue weighted by Gasteiger charge is -2.22. The highest BCUT2D eigenvalue weighted by molar-refractivity contribution is 5.92. The number of nitrogens with one attached hydrogen (secondary N) is 2. The van der Waals surface area contributed by atoms with E-state index in [1.54, 1.807) is 6.20 Å². The minimum Gasteiger partial charge on any atom is -0.335 e. The van der Waals surface area contributed by atoms with Gasteiger partial charge in [0, 0.05) is 23.3 Å². The normalized spacial score (nSPS) is 16.0. The zero-order valence-corrected chi connectivity index (χ0v) is 11.4. The van der Waals surface area contributed by atoms with Gasteiger partial charge >= 0.3 is 6.03 Å². The average molecular weight is 269 g/mol.